The monoisotopic (exact) mass is 348 g/mol. The molecule has 1 aromatic rings. The normalized spacial score (nSPS) is 9.70. The molecule has 0 bridgehead atoms. The molecule has 0 N–H and O–H groups in total. The summed E-state index contributed by atoms with van der Waals surface area (Å²) in [5.41, 5.74) is 2.97. The van der Waals surface area contributed by atoms with Crippen LogP contribution in [0.15, 0.2) is 18.2 Å². The van der Waals surface area contributed by atoms with E-state index in [0.29, 0.717) is 0 Å². The summed E-state index contributed by atoms with van der Waals surface area (Å²) in [6.45, 7) is 4.54. The van der Waals surface area contributed by atoms with Crippen LogP contribution in [0, 0.1) is 6.07 Å². The summed E-state index contributed by atoms with van der Waals surface area (Å²) < 4.78 is 0. The van der Waals surface area contributed by atoms with Crippen LogP contribution in [-0.4, -0.2) is 23.1 Å². The molecule has 0 fully saturated rings. The van der Waals surface area contributed by atoms with Gasteiger partial charge < -0.3 is 17.0 Å². The second kappa shape index (κ2) is 15.8. The smallest absolute Gasteiger partial charge is 1.00 e. The van der Waals surface area contributed by atoms with Gasteiger partial charge in [-0.3, -0.25) is 0 Å². The van der Waals surface area contributed by atoms with Crippen molar-refractivity contribution in [2.24, 2.45) is 0 Å². The molecule has 1 aromatic carbocycles. The van der Waals surface area contributed by atoms with Gasteiger partial charge in [-0.25, -0.2) is 0 Å². The standard InChI is InChI=1S/C18H29.BrH.Mg/c1-3-5-7-9-12-17-14-11-15-18(16-17)13-10-8-6-4-2;;/h14-16H,3-10,12-13H2,1-2H3;1H;/q-1;;+2/p-1. The van der Waals surface area contributed by atoms with Crippen molar-refractivity contribution < 1.29 is 17.0 Å². The van der Waals surface area contributed by atoms with Gasteiger partial charge in [0, 0.05) is 0 Å². The van der Waals surface area contributed by atoms with Crippen LogP contribution in [-0.2, 0) is 12.8 Å². The molecule has 0 spiro atoms. The molecule has 0 saturated heterocycles. The van der Waals surface area contributed by atoms with Crippen LogP contribution in [0.4, 0.5) is 0 Å². The van der Waals surface area contributed by atoms with E-state index in [2.05, 4.69) is 38.1 Å². The Bertz CT molecular complexity index is 285. The molecule has 0 heterocycles. The first kappa shape index (κ1) is 22.7. The van der Waals surface area contributed by atoms with E-state index in [9.17, 15) is 0 Å². The third kappa shape index (κ3) is 11.2. The topological polar surface area (TPSA) is 0 Å². The first-order valence-corrected chi connectivity index (χ1v) is 7.85. The van der Waals surface area contributed by atoms with Gasteiger partial charge in [-0.2, -0.15) is 35.4 Å². The third-order valence-electron chi connectivity index (χ3n) is 3.55. The molecule has 20 heavy (non-hydrogen) atoms. The largest absolute Gasteiger partial charge is 2.00 e. The third-order valence-corrected chi connectivity index (χ3v) is 3.55. The van der Waals surface area contributed by atoms with E-state index in [-0.39, 0.29) is 40.0 Å². The maximum Gasteiger partial charge on any atom is 2.00 e. The molecular weight excluding hydrogens is 320 g/mol. The van der Waals surface area contributed by atoms with Crippen LogP contribution in [0.1, 0.15) is 76.3 Å². The molecule has 110 valence electrons. The minimum absolute atomic E-state index is 0. The number of halogens is 1. The first-order valence-electron chi connectivity index (χ1n) is 7.85. The van der Waals surface area contributed by atoms with Gasteiger partial charge in [0.2, 0.25) is 0 Å². The van der Waals surface area contributed by atoms with Gasteiger partial charge in [0.05, 0.1) is 0 Å². The summed E-state index contributed by atoms with van der Waals surface area (Å²) in [6, 6.07) is 10.0. The molecule has 0 nitrogen and oxygen atoms in total. The van der Waals surface area contributed by atoms with Crippen molar-refractivity contribution in [2.75, 3.05) is 0 Å². The second-order valence-corrected chi connectivity index (χ2v) is 5.37. The first-order chi connectivity index (χ1) is 8.86. The van der Waals surface area contributed by atoms with E-state index >= 15 is 0 Å². The van der Waals surface area contributed by atoms with Crippen LogP contribution in [0.3, 0.4) is 0 Å². The number of hydrogen-bond acceptors (Lipinski definition) is 0. The summed E-state index contributed by atoms with van der Waals surface area (Å²) in [6.07, 6.45) is 13.3. The average Bonchev–Trinajstić information content (AvgIpc) is 2.40. The SMILES string of the molecule is CCCCCCc1c[c-]cc(CCCCCC)c1.[Br-].[Mg+2]. The second-order valence-electron chi connectivity index (χ2n) is 5.37. The molecule has 0 amide bonds. The van der Waals surface area contributed by atoms with Gasteiger partial charge >= 0.3 is 23.1 Å². The van der Waals surface area contributed by atoms with Crippen molar-refractivity contribution in [1.82, 2.24) is 0 Å². The van der Waals surface area contributed by atoms with Gasteiger partial charge in [0.25, 0.3) is 0 Å². The molecule has 0 aliphatic carbocycles. The van der Waals surface area contributed by atoms with Crippen molar-refractivity contribution >= 4 is 23.1 Å². The average molecular weight is 350 g/mol. The molecule has 0 atom stereocenters. The number of hydrogen-bond donors (Lipinski definition) is 0. The van der Waals surface area contributed by atoms with E-state index in [0.717, 1.165) is 0 Å². The van der Waals surface area contributed by atoms with Gasteiger partial charge in [0.1, 0.15) is 0 Å². The van der Waals surface area contributed by atoms with Gasteiger partial charge in [-0.1, -0.05) is 78.1 Å². The van der Waals surface area contributed by atoms with E-state index < -0.39 is 0 Å². The Kier molecular flexibility index (Phi) is 18.0. The zero-order valence-corrected chi connectivity index (χ0v) is 16.4. The van der Waals surface area contributed by atoms with Crippen molar-refractivity contribution in [3.63, 3.8) is 0 Å². The summed E-state index contributed by atoms with van der Waals surface area (Å²) in [5, 5.41) is 0. The fourth-order valence-corrected chi connectivity index (χ4v) is 2.38. The number of unbranched alkanes of at least 4 members (excludes halogenated alkanes) is 6. The molecule has 0 aromatic heterocycles. The Morgan fingerprint density at radius 3 is 1.60 bits per heavy atom. The Balaban J connectivity index is 0. The maximum absolute atomic E-state index is 3.31. The Morgan fingerprint density at radius 2 is 1.20 bits per heavy atom. The Morgan fingerprint density at radius 1 is 0.750 bits per heavy atom. The van der Waals surface area contributed by atoms with Crippen LogP contribution >= 0.6 is 0 Å². The number of benzene rings is 1. The minimum Gasteiger partial charge on any atom is -1.00 e. The fraction of sp³-hybridized carbons (Fsp3) is 0.667. The van der Waals surface area contributed by atoms with Crippen LogP contribution in [0.2, 0.25) is 0 Å². The predicted molar refractivity (Wildman–Crippen MR) is 86.7 cm³/mol. The summed E-state index contributed by atoms with van der Waals surface area (Å²) in [4.78, 5) is 0. The Hall–Kier alpha value is 0.466. The summed E-state index contributed by atoms with van der Waals surface area (Å²) in [7, 11) is 0. The van der Waals surface area contributed by atoms with Crippen LogP contribution in [0.25, 0.3) is 0 Å². The number of aryl methyl sites for hydroxylation is 2. The zero-order valence-electron chi connectivity index (χ0n) is 13.4. The van der Waals surface area contributed by atoms with Crippen molar-refractivity contribution in [3.8, 4) is 0 Å². The molecule has 0 unspecified atom stereocenters. The van der Waals surface area contributed by atoms with Crippen molar-refractivity contribution in [2.45, 2.75) is 78.1 Å². The molecule has 0 aliphatic rings. The summed E-state index contributed by atoms with van der Waals surface area (Å²) in [5.74, 6) is 0. The van der Waals surface area contributed by atoms with Crippen LogP contribution in [0.5, 0.6) is 0 Å². The molecule has 1 rings (SSSR count). The number of rotatable bonds is 10. The molecule has 0 radical (unpaired) electrons. The van der Waals surface area contributed by atoms with E-state index in [4.69, 9.17) is 0 Å². The molecule has 0 saturated carbocycles. The Labute approximate surface area is 153 Å². The van der Waals surface area contributed by atoms with Gasteiger partial charge in [-0.05, 0) is 0 Å². The van der Waals surface area contributed by atoms with Crippen molar-refractivity contribution in [1.29, 1.82) is 0 Å². The molecule has 0 aliphatic heterocycles. The van der Waals surface area contributed by atoms with Crippen molar-refractivity contribution in [3.05, 3.63) is 35.4 Å². The predicted octanol–water partition coefficient (Wildman–Crippen LogP) is 2.36. The van der Waals surface area contributed by atoms with Crippen LogP contribution < -0.4 is 17.0 Å². The zero-order chi connectivity index (χ0) is 13.1. The van der Waals surface area contributed by atoms with E-state index in [1.54, 1.807) is 0 Å². The quantitative estimate of drug-likeness (QED) is 0.346. The van der Waals surface area contributed by atoms with E-state index in [1.165, 1.54) is 75.3 Å². The summed E-state index contributed by atoms with van der Waals surface area (Å²) >= 11 is 0. The van der Waals surface area contributed by atoms with Gasteiger partial charge in [0.15, 0.2) is 0 Å². The van der Waals surface area contributed by atoms with Gasteiger partial charge in [-0.15, -0.1) is 0 Å². The van der Waals surface area contributed by atoms with E-state index in [1.807, 2.05) is 0 Å². The minimum atomic E-state index is 0. The molecule has 2 heteroatoms. The molecular formula is C18H29BrMg. The maximum atomic E-state index is 3.31. The fourth-order valence-electron chi connectivity index (χ4n) is 2.38.